The number of amides is 1. The maximum Gasteiger partial charge on any atom is 0.234 e. The Morgan fingerprint density at radius 2 is 1.62 bits per heavy atom. The Kier molecular flexibility index (Phi) is 6.44. The summed E-state index contributed by atoms with van der Waals surface area (Å²) in [4.78, 5) is 14.6. The van der Waals surface area contributed by atoms with Gasteiger partial charge in [-0.1, -0.05) is 0 Å². The van der Waals surface area contributed by atoms with Gasteiger partial charge in [-0.25, -0.2) is 0 Å². The lowest BCUT2D eigenvalue weighted by atomic mass is 10.1. The van der Waals surface area contributed by atoms with Gasteiger partial charge in [-0.15, -0.1) is 0 Å². The number of nitriles is 1. The molecule has 3 rings (SSSR count). The first kappa shape index (κ1) is 18.1. The van der Waals surface area contributed by atoms with Crippen molar-refractivity contribution in [2.75, 3.05) is 36.0 Å². The molecule has 1 unspecified atom stereocenters. The van der Waals surface area contributed by atoms with E-state index in [4.69, 9.17) is 5.73 Å². The van der Waals surface area contributed by atoms with E-state index in [1.165, 1.54) is 31.4 Å². The zero-order valence-corrected chi connectivity index (χ0v) is 14.4. The second-order valence-corrected chi connectivity index (χ2v) is 6.39. The van der Waals surface area contributed by atoms with Gasteiger partial charge in [-0.3, -0.25) is 4.79 Å². The van der Waals surface area contributed by atoms with Crippen molar-refractivity contribution in [3.05, 3.63) is 23.8 Å². The molecule has 0 radical (unpaired) electrons. The third kappa shape index (κ3) is 4.62. The second-order valence-electron chi connectivity index (χ2n) is 6.39. The highest BCUT2D eigenvalue weighted by atomic mass is 16.1. The van der Waals surface area contributed by atoms with Crippen LogP contribution in [-0.2, 0) is 4.79 Å². The highest BCUT2D eigenvalue weighted by Gasteiger charge is 2.19. The van der Waals surface area contributed by atoms with E-state index in [9.17, 15) is 10.1 Å². The lowest BCUT2D eigenvalue weighted by Crippen LogP contribution is -2.32. The van der Waals surface area contributed by atoms with Crippen molar-refractivity contribution in [3.8, 4) is 6.07 Å². The maximum absolute atomic E-state index is 9.80. The van der Waals surface area contributed by atoms with Crippen molar-refractivity contribution in [2.45, 2.75) is 38.6 Å². The molecule has 130 valence electrons. The molecule has 6 heteroatoms. The lowest BCUT2D eigenvalue weighted by molar-refractivity contribution is -0.118. The van der Waals surface area contributed by atoms with Crippen molar-refractivity contribution < 1.29 is 4.79 Å². The summed E-state index contributed by atoms with van der Waals surface area (Å²) in [6.45, 7) is 6.05. The molecular formula is C18H27N5O. The van der Waals surface area contributed by atoms with Crippen LogP contribution >= 0.6 is 0 Å². The van der Waals surface area contributed by atoms with Gasteiger partial charge in [0.1, 0.15) is 6.07 Å². The van der Waals surface area contributed by atoms with Gasteiger partial charge in [-0.2, -0.15) is 5.26 Å². The van der Waals surface area contributed by atoms with Gasteiger partial charge < -0.3 is 21.3 Å². The second kappa shape index (κ2) is 8.55. The van der Waals surface area contributed by atoms with Gasteiger partial charge in [0, 0.05) is 31.9 Å². The Labute approximate surface area is 144 Å². The van der Waals surface area contributed by atoms with Crippen LogP contribution in [0.25, 0.3) is 0 Å². The molecule has 2 saturated heterocycles. The normalized spacial score (nSPS) is 17.9. The van der Waals surface area contributed by atoms with Crippen LogP contribution in [0.1, 0.15) is 38.2 Å². The Morgan fingerprint density at radius 1 is 1.12 bits per heavy atom. The number of hydrogen-bond donors (Lipinski definition) is 2. The summed E-state index contributed by atoms with van der Waals surface area (Å²) in [5, 5.41) is 9.24. The molecule has 0 aliphatic carbocycles. The zero-order chi connectivity index (χ0) is 17.5. The van der Waals surface area contributed by atoms with E-state index >= 15 is 0 Å². The molecule has 1 aromatic rings. The molecule has 0 bridgehead atoms. The number of anilines is 2. The SMILES string of the molecule is CC(N)C(N)=O.N#Cc1ccc(N2CCCC2)cc1N1CCCC1. The predicted octanol–water partition coefficient (Wildman–Crippen LogP) is 1.58. The molecule has 2 aliphatic rings. The Hall–Kier alpha value is -2.26. The molecule has 2 fully saturated rings. The zero-order valence-electron chi connectivity index (χ0n) is 14.4. The molecule has 0 saturated carbocycles. The molecule has 4 N–H and O–H groups in total. The molecule has 6 nitrogen and oxygen atoms in total. The summed E-state index contributed by atoms with van der Waals surface area (Å²) in [7, 11) is 0. The van der Waals surface area contributed by atoms with Gasteiger partial charge in [0.15, 0.2) is 0 Å². The quantitative estimate of drug-likeness (QED) is 0.877. The van der Waals surface area contributed by atoms with Gasteiger partial charge >= 0.3 is 0 Å². The first-order chi connectivity index (χ1) is 11.5. The van der Waals surface area contributed by atoms with Crippen LogP contribution in [0.3, 0.4) is 0 Å². The minimum absolute atomic E-state index is 0.463. The van der Waals surface area contributed by atoms with E-state index in [0.717, 1.165) is 37.4 Å². The van der Waals surface area contributed by atoms with Crippen molar-refractivity contribution in [1.82, 2.24) is 0 Å². The van der Waals surface area contributed by atoms with Crippen LogP contribution in [0, 0.1) is 11.3 Å². The van der Waals surface area contributed by atoms with Gasteiger partial charge in [0.25, 0.3) is 0 Å². The number of hydrogen-bond acceptors (Lipinski definition) is 5. The number of carbonyl (C=O) groups excluding carboxylic acids is 1. The number of nitrogens with two attached hydrogens (primary N) is 2. The van der Waals surface area contributed by atoms with Crippen molar-refractivity contribution >= 4 is 17.3 Å². The number of primary amides is 1. The first-order valence-corrected chi connectivity index (χ1v) is 8.62. The standard InChI is InChI=1S/C15H19N3.C3H8N2O/c16-12-13-5-6-14(17-7-1-2-8-17)11-15(13)18-9-3-4-10-18;1-2(4)3(5)6/h5-6,11H,1-4,7-10H2;2H,4H2,1H3,(H2,5,6). The molecule has 2 aliphatic heterocycles. The summed E-state index contributed by atoms with van der Waals surface area (Å²) < 4.78 is 0. The largest absolute Gasteiger partial charge is 0.371 e. The van der Waals surface area contributed by atoms with E-state index in [2.05, 4.69) is 33.7 Å². The van der Waals surface area contributed by atoms with Gasteiger partial charge in [0.05, 0.1) is 17.3 Å². The number of nitrogens with zero attached hydrogens (tertiary/aromatic N) is 3. The minimum Gasteiger partial charge on any atom is -0.371 e. The monoisotopic (exact) mass is 329 g/mol. The topological polar surface area (TPSA) is 99.4 Å². The van der Waals surface area contributed by atoms with Crippen molar-refractivity contribution in [3.63, 3.8) is 0 Å². The summed E-state index contributed by atoms with van der Waals surface area (Å²) in [6.07, 6.45) is 5.08. The lowest BCUT2D eigenvalue weighted by Gasteiger charge is -2.23. The fraction of sp³-hybridized carbons (Fsp3) is 0.556. The van der Waals surface area contributed by atoms with Crippen LogP contribution in [0.15, 0.2) is 18.2 Å². The van der Waals surface area contributed by atoms with Crippen LogP contribution < -0.4 is 21.3 Å². The van der Waals surface area contributed by atoms with Crippen molar-refractivity contribution in [1.29, 1.82) is 5.26 Å². The summed E-state index contributed by atoms with van der Waals surface area (Å²) in [6, 6.07) is 8.13. The van der Waals surface area contributed by atoms with Gasteiger partial charge in [-0.05, 0) is 50.8 Å². The van der Waals surface area contributed by atoms with E-state index in [-0.39, 0.29) is 0 Å². The van der Waals surface area contributed by atoms with Crippen molar-refractivity contribution in [2.24, 2.45) is 11.5 Å². The fourth-order valence-corrected chi connectivity index (χ4v) is 3.01. The Bertz CT molecular complexity index is 596. The highest BCUT2D eigenvalue weighted by molar-refractivity contribution is 5.78. The smallest absolute Gasteiger partial charge is 0.234 e. The molecule has 1 aromatic carbocycles. The van der Waals surface area contributed by atoms with Gasteiger partial charge in [0.2, 0.25) is 5.91 Å². The molecule has 1 amide bonds. The number of benzene rings is 1. The highest BCUT2D eigenvalue weighted by Crippen LogP contribution is 2.30. The average Bonchev–Trinajstić information content (AvgIpc) is 3.28. The van der Waals surface area contributed by atoms with Crippen LogP contribution in [-0.4, -0.2) is 38.1 Å². The molecule has 24 heavy (non-hydrogen) atoms. The molecule has 1 atom stereocenters. The fourth-order valence-electron chi connectivity index (χ4n) is 3.01. The Morgan fingerprint density at radius 3 is 2.08 bits per heavy atom. The van der Waals surface area contributed by atoms with E-state index in [0.29, 0.717) is 0 Å². The van der Waals surface area contributed by atoms with E-state index in [1.807, 2.05) is 6.07 Å². The number of carbonyl (C=O) groups is 1. The minimum atomic E-state index is -0.509. The summed E-state index contributed by atoms with van der Waals surface area (Å²) in [5.74, 6) is -0.463. The average molecular weight is 329 g/mol. The maximum atomic E-state index is 9.80. The van der Waals surface area contributed by atoms with E-state index in [1.54, 1.807) is 6.92 Å². The summed E-state index contributed by atoms with van der Waals surface area (Å²) in [5.41, 5.74) is 12.9. The molecule has 0 aromatic heterocycles. The molecule has 2 heterocycles. The third-order valence-electron chi connectivity index (χ3n) is 4.47. The molecular weight excluding hydrogens is 302 g/mol. The number of rotatable bonds is 3. The van der Waals surface area contributed by atoms with Crippen LogP contribution in [0.5, 0.6) is 0 Å². The Balaban J connectivity index is 0.000000301. The summed E-state index contributed by atoms with van der Waals surface area (Å²) >= 11 is 0. The predicted molar refractivity (Wildman–Crippen MR) is 96.9 cm³/mol. The van der Waals surface area contributed by atoms with Crippen LogP contribution in [0.2, 0.25) is 0 Å². The van der Waals surface area contributed by atoms with Crippen LogP contribution in [0.4, 0.5) is 11.4 Å². The van der Waals surface area contributed by atoms with E-state index < -0.39 is 11.9 Å². The first-order valence-electron chi connectivity index (χ1n) is 8.62. The molecule has 0 spiro atoms. The third-order valence-corrected chi connectivity index (χ3v) is 4.47.